The lowest BCUT2D eigenvalue weighted by Gasteiger charge is -2.24. The largest absolute Gasteiger partial charge is 0.449 e. The Bertz CT molecular complexity index is 1250. The number of alkyl carbamates (subject to hydrolysis) is 1. The maximum Gasteiger partial charge on any atom is 0.407 e. The molecule has 0 spiro atoms. The minimum absolute atomic E-state index is 0.0165. The minimum Gasteiger partial charge on any atom is -0.449 e. The Morgan fingerprint density at radius 1 is 0.947 bits per heavy atom. The van der Waals surface area contributed by atoms with Crippen LogP contribution in [0.2, 0.25) is 0 Å². The lowest BCUT2D eigenvalue weighted by atomic mass is 9.98. The van der Waals surface area contributed by atoms with Crippen molar-refractivity contribution >= 4 is 17.7 Å². The topological polar surface area (TPSA) is 132 Å². The zero-order chi connectivity index (χ0) is 27.1. The predicted octanol–water partition coefficient (Wildman–Crippen LogP) is 3.87. The summed E-state index contributed by atoms with van der Waals surface area (Å²) >= 11 is 0. The van der Waals surface area contributed by atoms with Crippen molar-refractivity contribution in [1.82, 2.24) is 16.0 Å². The number of nitrogens with one attached hydrogen (secondary N) is 3. The maximum absolute atomic E-state index is 12.3. The fourth-order valence-corrected chi connectivity index (χ4v) is 4.54. The Labute approximate surface area is 220 Å². The monoisotopic (exact) mass is 518 g/mol. The molecule has 10 nitrogen and oxygen atoms in total. The van der Waals surface area contributed by atoms with Gasteiger partial charge in [-0.1, -0.05) is 48.5 Å². The highest BCUT2D eigenvalue weighted by molar-refractivity contribution is 5.82. The number of likely N-dealkylation sites (N-methyl/N-ethyl adjacent to an activating group) is 1. The molecule has 0 bridgehead atoms. The normalized spacial score (nSPS) is 13.6. The van der Waals surface area contributed by atoms with E-state index in [9.17, 15) is 19.7 Å². The molecule has 2 amide bonds. The summed E-state index contributed by atoms with van der Waals surface area (Å²) < 4.78 is 11.3. The summed E-state index contributed by atoms with van der Waals surface area (Å²) in [6.07, 6.45) is -1.15. The smallest absolute Gasteiger partial charge is 0.407 e. The van der Waals surface area contributed by atoms with Gasteiger partial charge in [0, 0.05) is 24.1 Å². The number of hydrogen-bond acceptors (Lipinski definition) is 7. The van der Waals surface area contributed by atoms with Gasteiger partial charge in [0.2, 0.25) is 5.91 Å². The van der Waals surface area contributed by atoms with Gasteiger partial charge < -0.3 is 25.4 Å². The standard InChI is InChI=1S/C28H30N4O6/c1-18(29-2)27(19-11-13-20(14-12-19)32(35)36)38-17-31-26(33)15-30-28(34)37-16-25-23-9-5-3-7-21(23)22-8-4-6-10-24(22)25/h3-14,18,25,27,29H,15-17H2,1-2H3,(H,30,34)(H,31,33)/t18-,27?/m1/s1. The molecule has 3 aromatic rings. The molecule has 3 aromatic carbocycles. The Morgan fingerprint density at radius 2 is 1.55 bits per heavy atom. The van der Waals surface area contributed by atoms with Crippen LogP contribution >= 0.6 is 0 Å². The van der Waals surface area contributed by atoms with E-state index in [1.807, 2.05) is 43.3 Å². The highest BCUT2D eigenvalue weighted by Gasteiger charge is 2.29. The van der Waals surface area contributed by atoms with E-state index >= 15 is 0 Å². The van der Waals surface area contributed by atoms with Crippen LogP contribution in [-0.4, -0.2) is 49.9 Å². The third-order valence-corrected chi connectivity index (χ3v) is 6.61. The first kappa shape index (κ1) is 26.8. The summed E-state index contributed by atoms with van der Waals surface area (Å²) in [5.74, 6) is -0.515. The van der Waals surface area contributed by atoms with Crippen molar-refractivity contribution in [1.29, 1.82) is 0 Å². The van der Waals surface area contributed by atoms with Crippen LogP contribution in [0.5, 0.6) is 0 Å². The Balaban J connectivity index is 1.23. The Kier molecular flexibility index (Phi) is 8.67. The number of benzene rings is 3. The first-order valence-electron chi connectivity index (χ1n) is 12.3. The van der Waals surface area contributed by atoms with Gasteiger partial charge in [-0.05, 0) is 53.9 Å². The molecule has 1 aliphatic rings. The fourth-order valence-electron chi connectivity index (χ4n) is 4.54. The van der Waals surface area contributed by atoms with E-state index in [-0.39, 0.29) is 37.5 Å². The van der Waals surface area contributed by atoms with E-state index in [0.717, 1.165) is 27.8 Å². The van der Waals surface area contributed by atoms with Crippen molar-refractivity contribution in [2.24, 2.45) is 0 Å². The summed E-state index contributed by atoms with van der Waals surface area (Å²) in [5.41, 5.74) is 5.19. The molecule has 10 heteroatoms. The van der Waals surface area contributed by atoms with Gasteiger partial charge in [0.1, 0.15) is 19.9 Å². The fraction of sp³-hybridized carbons (Fsp3) is 0.286. The summed E-state index contributed by atoms with van der Waals surface area (Å²) in [6.45, 7) is 1.67. The molecule has 0 heterocycles. The number of carbonyl (C=O) groups excluding carboxylic acids is 2. The van der Waals surface area contributed by atoms with Crippen molar-refractivity contribution in [3.05, 3.63) is 99.6 Å². The van der Waals surface area contributed by atoms with Crippen LogP contribution in [0.4, 0.5) is 10.5 Å². The molecule has 1 aliphatic carbocycles. The molecule has 0 saturated carbocycles. The molecule has 198 valence electrons. The van der Waals surface area contributed by atoms with E-state index in [1.54, 1.807) is 19.2 Å². The van der Waals surface area contributed by atoms with Crippen LogP contribution < -0.4 is 16.0 Å². The number of non-ortho nitro benzene ring substituents is 1. The number of amides is 2. The van der Waals surface area contributed by atoms with Gasteiger partial charge in [0.05, 0.1) is 11.0 Å². The van der Waals surface area contributed by atoms with Gasteiger partial charge in [-0.25, -0.2) is 4.79 Å². The first-order chi connectivity index (χ1) is 18.4. The third kappa shape index (κ3) is 6.16. The van der Waals surface area contributed by atoms with Crippen LogP contribution in [0.25, 0.3) is 11.1 Å². The van der Waals surface area contributed by atoms with Crippen LogP contribution in [-0.2, 0) is 14.3 Å². The quantitative estimate of drug-likeness (QED) is 0.199. The third-order valence-electron chi connectivity index (χ3n) is 6.61. The lowest BCUT2D eigenvalue weighted by Crippen LogP contribution is -2.40. The molecular formula is C28H30N4O6. The molecule has 1 unspecified atom stereocenters. The van der Waals surface area contributed by atoms with Crippen molar-refractivity contribution in [3.63, 3.8) is 0 Å². The molecule has 0 saturated heterocycles. The van der Waals surface area contributed by atoms with E-state index in [2.05, 4.69) is 28.1 Å². The van der Waals surface area contributed by atoms with Crippen LogP contribution in [0.3, 0.4) is 0 Å². The van der Waals surface area contributed by atoms with E-state index in [1.165, 1.54) is 12.1 Å². The van der Waals surface area contributed by atoms with Gasteiger partial charge in [0.25, 0.3) is 5.69 Å². The van der Waals surface area contributed by atoms with Crippen molar-refractivity contribution in [2.45, 2.75) is 25.0 Å². The second-order valence-electron chi connectivity index (χ2n) is 8.94. The van der Waals surface area contributed by atoms with Crippen LogP contribution in [0.15, 0.2) is 72.8 Å². The minimum atomic E-state index is -0.685. The number of nitro benzene ring substituents is 1. The van der Waals surface area contributed by atoms with Gasteiger partial charge in [-0.3, -0.25) is 14.9 Å². The van der Waals surface area contributed by atoms with E-state index in [0.29, 0.717) is 0 Å². The highest BCUT2D eigenvalue weighted by Crippen LogP contribution is 2.44. The molecule has 0 fully saturated rings. The second kappa shape index (κ2) is 12.3. The average Bonchev–Trinajstić information content (AvgIpc) is 3.26. The highest BCUT2D eigenvalue weighted by atomic mass is 16.6. The predicted molar refractivity (Wildman–Crippen MR) is 142 cm³/mol. The second-order valence-corrected chi connectivity index (χ2v) is 8.94. The Morgan fingerprint density at radius 3 is 2.13 bits per heavy atom. The molecule has 0 aromatic heterocycles. The molecule has 0 radical (unpaired) electrons. The van der Waals surface area contributed by atoms with Crippen molar-refractivity contribution < 1.29 is 24.0 Å². The maximum atomic E-state index is 12.3. The van der Waals surface area contributed by atoms with Gasteiger partial charge in [0.15, 0.2) is 0 Å². The van der Waals surface area contributed by atoms with Gasteiger partial charge in [-0.15, -0.1) is 0 Å². The zero-order valence-corrected chi connectivity index (χ0v) is 21.2. The number of nitro groups is 1. The van der Waals surface area contributed by atoms with Crippen LogP contribution in [0, 0.1) is 10.1 Å². The number of ether oxygens (including phenoxy) is 2. The van der Waals surface area contributed by atoms with Crippen LogP contribution in [0.1, 0.15) is 35.6 Å². The van der Waals surface area contributed by atoms with Gasteiger partial charge in [-0.2, -0.15) is 0 Å². The average molecular weight is 519 g/mol. The van der Waals surface area contributed by atoms with Crippen molar-refractivity contribution in [2.75, 3.05) is 26.9 Å². The number of rotatable bonds is 11. The number of nitrogens with zero attached hydrogens (tertiary/aromatic N) is 1. The number of hydrogen-bond donors (Lipinski definition) is 3. The summed E-state index contributed by atoms with van der Waals surface area (Å²) in [7, 11) is 1.77. The van der Waals surface area contributed by atoms with E-state index in [4.69, 9.17) is 9.47 Å². The van der Waals surface area contributed by atoms with E-state index < -0.39 is 23.0 Å². The molecule has 4 rings (SSSR count). The van der Waals surface area contributed by atoms with Gasteiger partial charge >= 0.3 is 6.09 Å². The summed E-state index contributed by atoms with van der Waals surface area (Å²) in [6, 6.07) is 22.0. The summed E-state index contributed by atoms with van der Waals surface area (Å²) in [5, 5.41) is 19.1. The molecule has 3 N–H and O–H groups in total. The summed E-state index contributed by atoms with van der Waals surface area (Å²) in [4.78, 5) is 35.0. The molecule has 38 heavy (non-hydrogen) atoms. The number of fused-ring (bicyclic) bond motifs is 3. The lowest BCUT2D eigenvalue weighted by molar-refractivity contribution is -0.384. The zero-order valence-electron chi connectivity index (χ0n) is 21.2. The SMILES string of the molecule is CN[C@H](C)C(OCNC(=O)CNC(=O)OCC1c2ccccc2-c2ccccc21)c1ccc([N+](=O)[O-])cc1. The Hall–Kier alpha value is -4.28. The number of carbonyl (C=O) groups is 2. The molecule has 2 atom stereocenters. The first-order valence-corrected chi connectivity index (χ1v) is 12.3. The molecular weight excluding hydrogens is 488 g/mol. The van der Waals surface area contributed by atoms with Crippen molar-refractivity contribution in [3.8, 4) is 11.1 Å². The molecule has 0 aliphatic heterocycles.